The monoisotopic (exact) mass is 328 g/mol. The second-order valence-electron chi connectivity index (χ2n) is 5.16. The van der Waals surface area contributed by atoms with Crippen LogP contribution in [0.1, 0.15) is 26.6 Å². The van der Waals surface area contributed by atoms with Gasteiger partial charge in [-0.05, 0) is 44.2 Å². The average Bonchev–Trinajstić information content (AvgIpc) is 3.00. The number of rotatable bonds is 4. The Balaban J connectivity index is 1.92. The zero-order valence-corrected chi connectivity index (χ0v) is 13.8. The van der Waals surface area contributed by atoms with Crippen molar-refractivity contribution in [1.82, 2.24) is 9.38 Å². The van der Waals surface area contributed by atoms with Crippen LogP contribution in [0.15, 0.2) is 30.5 Å². The van der Waals surface area contributed by atoms with E-state index in [0.29, 0.717) is 5.56 Å². The summed E-state index contributed by atoms with van der Waals surface area (Å²) < 4.78 is 7.01. The molecule has 0 bridgehead atoms. The Labute approximate surface area is 137 Å². The maximum Gasteiger partial charge on any atom is 0.194 e. The van der Waals surface area contributed by atoms with Crippen molar-refractivity contribution in [2.75, 3.05) is 7.11 Å². The maximum absolute atomic E-state index is 12.3. The molecule has 0 amide bonds. The Morgan fingerprint density at radius 3 is 2.91 bits per heavy atom. The highest BCUT2D eigenvalue weighted by Gasteiger charge is 2.10. The lowest BCUT2D eigenvalue weighted by molar-refractivity contribution is 0.104. The van der Waals surface area contributed by atoms with Crippen LogP contribution in [0.2, 0.25) is 0 Å². The normalized spacial score (nSPS) is 11.4. The van der Waals surface area contributed by atoms with Crippen LogP contribution in [0.4, 0.5) is 0 Å². The molecule has 118 valence electrons. The summed E-state index contributed by atoms with van der Waals surface area (Å²) >= 11 is 1.61. The van der Waals surface area contributed by atoms with Gasteiger partial charge in [-0.3, -0.25) is 9.20 Å². The van der Waals surface area contributed by atoms with Crippen LogP contribution in [-0.4, -0.2) is 27.4 Å². The number of carbonyl (C=O) groups is 1. The molecule has 1 N–H and O–H groups in total. The number of benzene rings is 1. The molecule has 1 aromatic carbocycles. The van der Waals surface area contributed by atoms with Gasteiger partial charge in [-0.15, -0.1) is 11.3 Å². The number of aromatic nitrogens is 2. The predicted octanol–water partition coefficient (Wildman–Crippen LogP) is 3.62. The van der Waals surface area contributed by atoms with Crippen LogP contribution < -0.4 is 4.74 Å². The third-order valence-corrected chi connectivity index (χ3v) is 4.42. The summed E-state index contributed by atoms with van der Waals surface area (Å²) in [4.78, 5) is 18.9. The number of methoxy groups -OCH3 is 1. The number of phenolic OH excluding ortho intramolecular Hbond substituents is 1. The predicted molar refractivity (Wildman–Crippen MR) is 90.6 cm³/mol. The number of carbonyl (C=O) groups excluding carboxylic acids is 1. The standard InChI is InChI=1S/C17H16N2O3S/c1-10-9-19-13(11(2)18-17(19)23-10)5-7-14(20)12-4-6-15(21)16(8-12)22-3/h4-9,21H,1-3H3. The summed E-state index contributed by atoms with van der Waals surface area (Å²) in [5.41, 5.74) is 2.22. The molecule has 5 nitrogen and oxygen atoms in total. The molecule has 3 aromatic rings. The number of ether oxygens (including phenoxy) is 1. The first-order valence-electron chi connectivity index (χ1n) is 7.04. The number of phenols is 1. The molecule has 0 aliphatic heterocycles. The molecule has 0 saturated carbocycles. The molecule has 0 radical (unpaired) electrons. The van der Waals surface area contributed by atoms with Gasteiger partial charge in [0.05, 0.1) is 18.5 Å². The Bertz CT molecular complexity index is 921. The second kappa shape index (κ2) is 5.89. The first-order chi connectivity index (χ1) is 11.0. The zero-order valence-electron chi connectivity index (χ0n) is 13.0. The summed E-state index contributed by atoms with van der Waals surface area (Å²) in [5.74, 6) is 0.125. The van der Waals surface area contributed by atoms with Crippen molar-refractivity contribution >= 4 is 28.2 Å². The first kappa shape index (κ1) is 15.3. The second-order valence-corrected chi connectivity index (χ2v) is 6.37. The fraction of sp³-hybridized carbons (Fsp3) is 0.176. The fourth-order valence-corrected chi connectivity index (χ4v) is 3.24. The summed E-state index contributed by atoms with van der Waals surface area (Å²) in [7, 11) is 1.45. The average molecular weight is 328 g/mol. The molecule has 6 heteroatoms. The van der Waals surface area contributed by atoms with Gasteiger partial charge in [0, 0.05) is 16.6 Å². The lowest BCUT2D eigenvalue weighted by Crippen LogP contribution is -1.96. The van der Waals surface area contributed by atoms with Gasteiger partial charge in [0.2, 0.25) is 0 Å². The summed E-state index contributed by atoms with van der Waals surface area (Å²) in [6, 6.07) is 4.54. The smallest absolute Gasteiger partial charge is 0.194 e. The van der Waals surface area contributed by atoms with Crippen molar-refractivity contribution < 1.29 is 14.6 Å². The molecule has 0 spiro atoms. The molecule has 0 unspecified atom stereocenters. The SMILES string of the molecule is COc1cc(C(=O)C=Cc2c(C)nc3sc(C)cn23)ccc1O. The van der Waals surface area contributed by atoms with E-state index in [2.05, 4.69) is 4.98 Å². The van der Waals surface area contributed by atoms with E-state index in [1.165, 1.54) is 25.3 Å². The Hall–Kier alpha value is -2.60. The molecular weight excluding hydrogens is 312 g/mol. The molecule has 2 heterocycles. The number of fused-ring (bicyclic) bond motifs is 1. The number of hydrogen-bond donors (Lipinski definition) is 1. The molecule has 0 fully saturated rings. The van der Waals surface area contributed by atoms with Gasteiger partial charge in [-0.1, -0.05) is 0 Å². The van der Waals surface area contributed by atoms with Crippen LogP contribution >= 0.6 is 11.3 Å². The van der Waals surface area contributed by atoms with Gasteiger partial charge in [0.25, 0.3) is 0 Å². The topological polar surface area (TPSA) is 63.8 Å². The fourth-order valence-electron chi connectivity index (χ4n) is 2.36. The first-order valence-corrected chi connectivity index (χ1v) is 7.85. The molecular formula is C17H16N2O3S. The van der Waals surface area contributed by atoms with Crippen molar-refractivity contribution in [3.63, 3.8) is 0 Å². The third-order valence-electron chi connectivity index (χ3n) is 3.52. The minimum atomic E-state index is -0.162. The van der Waals surface area contributed by atoms with Crippen molar-refractivity contribution in [2.24, 2.45) is 0 Å². The van der Waals surface area contributed by atoms with E-state index in [4.69, 9.17) is 4.74 Å². The molecule has 2 aromatic heterocycles. The van der Waals surface area contributed by atoms with Crippen molar-refractivity contribution in [2.45, 2.75) is 13.8 Å². The van der Waals surface area contributed by atoms with Gasteiger partial charge < -0.3 is 9.84 Å². The summed E-state index contributed by atoms with van der Waals surface area (Å²) in [6.07, 6.45) is 5.28. The molecule has 0 saturated heterocycles. The number of ketones is 1. The van der Waals surface area contributed by atoms with Gasteiger partial charge in [0.1, 0.15) is 0 Å². The van der Waals surface area contributed by atoms with Gasteiger partial charge in [-0.2, -0.15) is 0 Å². The number of aromatic hydroxyl groups is 1. The van der Waals surface area contributed by atoms with E-state index in [9.17, 15) is 9.90 Å². The van der Waals surface area contributed by atoms with E-state index in [-0.39, 0.29) is 17.3 Å². The highest BCUT2D eigenvalue weighted by molar-refractivity contribution is 7.17. The van der Waals surface area contributed by atoms with E-state index < -0.39 is 0 Å². The highest BCUT2D eigenvalue weighted by Crippen LogP contribution is 2.27. The van der Waals surface area contributed by atoms with Gasteiger partial charge >= 0.3 is 0 Å². The van der Waals surface area contributed by atoms with Crippen LogP contribution in [0.25, 0.3) is 11.0 Å². The van der Waals surface area contributed by atoms with E-state index in [1.54, 1.807) is 23.5 Å². The van der Waals surface area contributed by atoms with Crippen molar-refractivity contribution in [3.8, 4) is 11.5 Å². The quantitative estimate of drug-likeness (QED) is 0.587. The Morgan fingerprint density at radius 2 is 2.17 bits per heavy atom. The lowest BCUT2D eigenvalue weighted by Gasteiger charge is -2.04. The van der Waals surface area contributed by atoms with Gasteiger partial charge in [0.15, 0.2) is 22.2 Å². The van der Waals surface area contributed by atoms with Crippen LogP contribution in [0, 0.1) is 13.8 Å². The largest absolute Gasteiger partial charge is 0.504 e. The number of allylic oxidation sites excluding steroid dienone is 1. The molecule has 0 aliphatic carbocycles. The lowest BCUT2D eigenvalue weighted by atomic mass is 10.1. The number of thiazole rings is 1. The van der Waals surface area contributed by atoms with E-state index >= 15 is 0 Å². The maximum atomic E-state index is 12.3. The zero-order chi connectivity index (χ0) is 16.6. The number of nitrogens with zero attached hydrogens (tertiary/aromatic N) is 2. The molecule has 23 heavy (non-hydrogen) atoms. The molecule has 0 aliphatic rings. The van der Waals surface area contributed by atoms with E-state index in [0.717, 1.165) is 21.2 Å². The van der Waals surface area contributed by atoms with Crippen LogP contribution in [0.3, 0.4) is 0 Å². The minimum Gasteiger partial charge on any atom is -0.504 e. The van der Waals surface area contributed by atoms with Crippen molar-refractivity contribution in [1.29, 1.82) is 0 Å². The van der Waals surface area contributed by atoms with E-state index in [1.807, 2.05) is 24.4 Å². The van der Waals surface area contributed by atoms with Crippen LogP contribution in [0.5, 0.6) is 11.5 Å². The number of hydrogen-bond acceptors (Lipinski definition) is 5. The molecule has 0 atom stereocenters. The number of imidazole rings is 1. The van der Waals surface area contributed by atoms with Crippen molar-refractivity contribution in [3.05, 3.63) is 52.3 Å². The summed E-state index contributed by atoms with van der Waals surface area (Å²) in [6.45, 7) is 3.94. The molecule has 3 rings (SSSR count). The third kappa shape index (κ3) is 2.85. The highest BCUT2D eigenvalue weighted by atomic mass is 32.1. The summed E-state index contributed by atoms with van der Waals surface area (Å²) in [5, 5.41) is 9.59. The minimum absolute atomic E-state index is 0.00937. The van der Waals surface area contributed by atoms with Crippen LogP contribution in [-0.2, 0) is 0 Å². The number of aryl methyl sites for hydroxylation is 2. The Morgan fingerprint density at radius 1 is 1.39 bits per heavy atom. The van der Waals surface area contributed by atoms with Gasteiger partial charge in [-0.25, -0.2) is 4.98 Å². The Kier molecular flexibility index (Phi) is 3.92.